The van der Waals surface area contributed by atoms with Crippen LogP contribution in [0.3, 0.4) is 0 Å². The van der Waals surface area contributed by atoms with Crippen LogP contribution in [0, 0.1) is 0 Å². The van der Waals surface area contributed by atoms with Gasteiger partial charge >= 0.3 is 0 Å². The minimum absolute atomic E-state index is 0.315. The number of aliphatic imine (C=N–C) groups is 1. The third-order valence-corrected chi connectivity index (χ3v) is 6.18. The molecule has 3 aromatic carbocycles. The molecular weight excluding hydrogens is 476 g/mol. The van der Waals surface area contributed by atoms with Gasteiger partial charge in [0.05, 0.1) is 17.0 Å². The summed E-state index contributed by atoms with van der Waals surface area (Å²) in [6, 6.07) is 26.8. The smallest absolute Gasteiger partial charge is 0.249 e. The molecule has 0 saturated carbocycles. The van der Waals surface area contributed by atoms with Gasteiger partial charge in [-0.05, 0) is 36.8 Å². The molecule has 0 fully saturated rings. The number of aromatic nitrogens is 1. The van der Waals surface area contributed by atoms with Crippen LogP contribution in [0.25, 0.3) is 11.3 Å². The second-order valence-electron chi connectivity index (χ2n) is 8.32. The van der Waals surface area contributed by atoms with E-state index in [2.05, 4.69) is 31.3 Å². The fraction of sp³-hybridized carbons (Fsp3) is 0.115. The molecule has 9 nitrogen and oxygen atoms in total. The quantitative estimate of drug-likeness (QED) is 0.329. The van der Waals surface area contributed by atoms with Crippen LogP contribution in [-0.2, 0) is 0 Å². The summed E-state index contributed by atoms with van der Waals surface area (Å²) in [6.07, 6.45) is -0.576. The van der Waals surface area contributed by atoms with Crippen molar-refractivity contribution in [1.82, 2.24) is 15.6 Å². The van der Waals surface area contributed by atoms with E-state index < -0.39 is 6.17 Å². The first-order valence-electron chi connectivity index (χ1n) is 11.4. The predicted octanol–water partition coefficient (Wildman–Crippen LogP) is 6.17. The van der Waals surface area contributed by atoms with Crippen molar-refractivity contribution in [3.05, 3.63) is 101 Å². The van der Waals surface area contributed by atoms with Gasteiger partial charge in [-0.3, -0.25) is 5.43 Å². The van der Waals surface area contributed by atoms with E-state index in [4.69, 9.17) is 21.1 Å². The van der Waals surface area contributed by atoms with Crippen LogP contribution in [0.4, 0.5) is 11.6 Å². The molecule has 0 spiro atoms. The van der Waals surface area contributed by atoms with Gasteiger partial charge in [-0.15, -0.1) is 0 Å². The second kappa shape index (κ2) is 9.27. The fourth-order valence-corrected chi connectivity index (χ4v) is 4.28. The van der Waals surface area contributed by atoms with E-state index in [1.165, 1.54) is 0 Å². The molecular formula is C26H21ClN8O. The molecule has 0 radical (unpaired) electrons. The van der Waals surface area contributed by atoms with Gasteiger partial charge in [-0.1, -0.05) is 77.4 Å². The number of nitrogens with one attached hydrogen (secondary N) is 2. The highest BCUT2D eigenvalue weighted by Gasteiger charge is 2.41. The summed E-state index contributed by atoms with van der Waals surface area (Å²) in [5.41, 5.74) is 11.4. The van der Waals surface area contributed by atoms with E-state index >= 15 is 0 Å². The number of benzene rings is 3. The van der Waals surface area contributed by atoms with Crippen molar-refractivity contribution in [1.29, 1.82) is 0 Å². The zero-order chi connectivity index (χ0) is 24.5. The van der Waals surface area contributed by atoms with Crippen LogP contribution in [0.1, 0.15) is 24.1 Å². The molecule has 1 aromatic heterocycles. The number of rotatable bonds is 4. The lowest BCUT2D eigenvalue weighted by molar-refractivity contribution is 0.389. The summed E-state index contributed by atoms with van der Waals surface area (Å²) in [7, 11) is 0. The predicted molar refractivity (Wildman–Crippen MR) is 139 cm³/mol. The van der Waals surface area contributed by atoms with Crippen molar-refractivity contribution < 1.29 is 4.52 Å². The SMILES string of the molecule is CC1=NNC(N2Nc3onc(-c4ccccc4)c3C2c2ccc(Cl)cc2)=NC1N=Nc1ccccc1. The number of guanidine groups is 1. The maximum atomic E-state index is 6.19. The molecule has 2 aliphatic rings. The lowest BCUT2D eigenvalue weighted by Crippen LogP contribution is -2.46. The number of hydrogen-bond acceptors (Lipinski definition) is 9. The third-order valence-electron chi connectivity index (χ3n) is 5.93. The summed E-state index contributed by atoms with van der Waals surface area (Å²) in [6.45, 7) is 1.86. The molecule has 4 aromatic rings. The number of hydrogen-bond donors (Lipinski definition) is 2. The molecule has 2 atom stereocenters. The van der Waals surface area contributed by atoms with E-state index in [0.717, 1.165) is 28.1 Å². The third kappa shape index (κ3) is 4.09. The largest absolute Gasteiger partial charge is 0.336 e. The van der Waals surface area contributed by atoms with E-state index in [9.17, 15) is 0 Å². The first-order chi connectivity index (χ1) is 17.7. The Morgan fingerprint density at radius 3 is 2.42 bits per heavy atom. The number of halogens is 1. The van der Waals surface area contributed by atoms with Crippen LogP contribution < -0.4 is 10.9 Å². The lowest BCUT2D eigenvalue weighted by atomic mass is 9.96. The monoisotopic (exact) mass is 496 g/mol. The van der Waals surface area contributed by atoms with Gasteiger partial charge in [0.1, 0.15) is 11.7 Å². The van der Waals surface area contributed by atoms with Crippen LogP contribution in [0.15, 0.2) is 110 Å². The lowest BCUT2D eigenvalue weighted by Gasteiger charge is -2.29. The molecule has 2 unspecified atom stereocenters. The highest BCUT2D eigenvalue weighted by atomic mass is 35.5. The number of anilines is 1. The topological polar surface area (TPSA) is 103 Å². The van der Waals surface area contributed by atoms with Crippen molar-refractivity contribution >= 4 is 34.8 Å². The van der Waals surface area contributed by atoms with E-state index in [1.807, 2.05) is 96.9 Å². The number of hydrazone groups is 1. The van der Waals surface area contributed by atoms with E-state index in [0.29, 0.717) is 22.6 Å². The summed E-state index contributed by atoms with van der Waals surface area (Å²) in [4.78, 5) is 4.81. The van der Waals surface area contributed by atoms with Crippen molar-refractivity contribution in [2.24, 2.45) is 20.3 Å². The molecule has 3 heterocycles. The van der Waals surface area contributed by atoms with Crippen LogP contribution in [0.2, 0.25) is 5.02 Å². The molecule has 36 heavy (non-hydrogen) atoms. The van der Waals surface area contributed by atoms with Gasteiger partial charge in [-0.25, -0.2) is 15.4 Å². The molecule has 0 bridgehead atoms. The van der Waals surface area contributed by atoms with Crippen molar-refractivity contribution in [3.63, 3.8) is 0 Å². The van der Waals surface area contributed by atoms with Crippen LogP contribution in [-0.4, -0.2) is 28.0 Å². The van der Waals surface area contributed by atoms with Gasteiger partial charge in [0.25, 0.3) is 0 Å². The Kier molecular flexibility index (Phi) is 5.67. The Hall–Kier alpha value is -4.50. The van der Waals surface area contributed by atoms with Gasteiger partial charge in [0, 0.05) is 10.6 Å². The normalized spacial score (nSPS) is 18.9. The van der Waals surface area contributed by atoms with Crippen molar-refractivity contribution in [3.8, 4) is 11.3 Å². The highest BCUT2D eigenvalue weighted by Crippen LogP contribution is 2.45. The molecule has 178 valence electrons. The molecule has 2 aliphatic heterocycles. The molecule has 0 amide bonds. The maximum Gasteiger partial charge on any atom is 0.249 e. The van der Waals surface area contributed by atoms with Gasteiger partial charge in [-0.2, -0.15) is 15.3 Å². The molecule has 2 N–H and O–H groups in total. The summed E-state index contributed by atoms with van der Waals surface area (Å²) < 4.78 is 5.72. The number of fused-ring (bicyclic) bond motifs is 1. The first kappa shape index (κ1) is 22.0. The fourth-order valence-electron chi connectivity index (χ4n) is 4.15. The van der Waals surface area contributed by atoms with E-state index in [1.54, 1.807) is 0 Å². The standard InChI is InChI=1S/C26H21ClN8O/c1-16-24(31-30-20-10-6-3-7-11-20)28-26(32-29-16)35-23(18-12-14-19(27)15-13-18)21-22(34-36-25(21)33-35)17-8-4-2-5-9-17/h2-15,23-24,33H,1H3,(H,28,32). The first-order valence-corrected chi connectivity index (χ1v) is 11.8. The molecule has 0 saturated heterocycles. The van der Waals surface area contributed by atoms with Gasteiger partial charge in [0.2, 0.25) is 18.0 Å². The molecule has 6 rings (SSSR count). The van der Waals surface area contributed by atoms with Crippen LogP contribution in [0.5, 0.6) is 0 Å². The minimum Gasteiger partial charge on any atom is -0.336 e. The highest BCUT2D eigenvalue weighted by molar-refractivity contribution is 6.30. The number of azo groups is 1. The Morgan fingerprint density at radius 2 is 1.67 bits per heavy atom. The molecule has 10 heteroatoms. The Balaban J connectivity index is 1.39. The summed E-state index contributed by atoms with van der Waals surface area (Å²) in [5.74, 6) is 1.01. The number of nitrogens with zero attached hydrogens (tertiary/aromatic N) is 6. The second-order valence-corrected chi connectivity index (χ2v) is 8.75. The summed E-state index contributed by atoms with van der Waals surface area (Å²) in [5, 5.41) is 20.1. The molecule has 0 aliphatic carbocycles. The Bertz CT molecular complexity index is 1470. The average Bonchev–Trinajstić information content (AvgIpc) is 3.50. The average molecular weight is 497 g/mol. The van der Waals surface area contributed by atoms with Gasteiger partial charge < -0.3 is 4.52 Å². The zero-order valence-corrected chi connectivity index (χ0v) is 20.0. The summed E-state index contributed by atoms with van der Waals surface area (Å²) >= 11 is 6.19. The van der Waals surface area contributed by atoms with E-state index in [-0.39, 0.29) is 6.04 Å². The Labute approximate surface area is 212 Å². The minimum atomic E-state index is -0.576. The van der Waals surface area contributed by atoms with Crippen LogP contribution >= 0.6 is 11.6 Å². The Morgan fingerprint density at radius 1 is 0.944 bits per heavy atom. The van der Waals surface area contributed by atoms with Gasteiger partial charge in [0.15, 0.2) is 0 Å². The van der Waals surface area contributed by atoms with Crippen molar-refractivity contribution in [2.75, 3.05) is 5.43 Å². The zero-order valence-electron chi connectivity index (χ0n) is 19.2. The maximum absolute atomic E-state index is 6.19. The number of hydrazine groups is 1. The van der Waals surface area contributed by atoms with Crippen molar-refractivity contribution in [2.45, 2.75) is 19.1 Å².